The van der Waals surface area contributed by atoms with E-state index in [1.165, 1.54) is 6.92 Å². The van der Waals surface area contributed by atoms with E-state index in [-0.39, 0.29) is 0 Å². The summed E-state index contributed by atoms with van der Waals surface area (Å²) in [5, 5.41) is 37.5. The Balaban J connectivity index is 1.38. The van der Waals surface area contributed by atoms with Crippen molar-refractivity contribution in [3.63, 3.8) is 0 Å². The maximum absolute atomic E-state index is 11.7. The third-order valence-corrected chi connectivity index (χ3v) is 6.58. The number of hydrogen-bond donors (Lipinski definition) is 5. The molecule has 0 aliphatic carbocycles. The first-order valence-electron chi connectivity index (χ1n) is 12.3. The maximum Gasteiger partial charge on any atom is 0.223 e. The Hall–Kier alpha value is -3.80. The Morgan fingerprint density at radius 3 is 2.41 bits per heavy atom. The van der Waals surface area contributed by atoms with Crippen molar-refractivity contribution in [3.05, 3.63) is 77.8 Å². The van der Waals surface area contributed by atoms with Crippen LogP contribution in [0.1, 0.15) is 6.92 Å². The van der Waals surface area contributed by atoms with Crippen LogP contribution < -0.4 is 15.4 Å². The van der Waals surface area contributed by atoms with Crippen LogP contribution in [0.3, 0.4) is 0 Å². The van der Waals surface area contributed by atoms with Gasteiger partial charge in [0.1, 0.15) is 35.9 Å². The minimum absolute atomic E-state index is 0.385. The second-order valence-electron chi connectivity index (χ2n) is 9.12. The summed E-state index contributed by atoms with van der Waals surface area (Å²) >= 11 is 6.04. The average molecular weight is 551 g/mol. The lowest BCUT2D eigenvalue weighted by atomic mass is 9.97. The monoisotopic (exact) mass is 550 g/mol. The fourth-order valence-corrected chi connectivity index (χ4v) is 4.48. The van der Waals surface area contributed by atoms with Crippen LogP contribution >= 0.6 is 11.6 Å². The fourth-order valence-electron chi connectivity index (χ4n) is 4.36. The van der Waals surface area contributed by atoms with Gasteiger partial charge >= 0.3 is 0 Å². The molecule has 3 aromatic carbocycles. The number of carbonyl (C=O) groups is 1. The summed E-state index contributed by atoms with van der Waals surface area (Å²) in [5.41, 5.74) is 2.32. The van der Waals surface area contributed by atoms with E-state index < -0.39 is 43.2 Å². The minimum atomic E-state index is -1.40. The number of ether oxygens (including phenoxy) is 2. The highest BCUT2D eigenvalue weighted by atomic mass is 35.5. The quantitative estimate of drug-likeness (QED) is 0.234. The van der Waals surface area contributed by atoms with E-state index in [1.807, 2.05) is 36.4 Å². The van der Waals surface area contributed by atoms with Crippen LogP contribution in [-0.2, 0) is 9.53 Å². The lowest BCUT2D eigenvalue weighted by Crippen LogP contribution is -2.65. The number of amides is 1. The minimum Gasteiger partial charge on any atom is -0.463 e. The molecule has 1 aliphatic heterocycles. The highest BCUT2D eigenvalue weighted by Gasteiger charge is 2.46. The molecule has 1 saturated heterocycles. The molecular formula is C28H27ClN4O6. The van der Waals surface area contributed by atoms with Gasteiger partial charge in [-0.1, -0.05) is 23.7 Å². The predicted molar refractivity (Wildman–Crippen MR) is 146 cm³/mol. The highest BCUT2D eigenvalue weighted by Crippen LogP contribution is 2.30. The van der Waals surface area contributed by atoms with Crippen molar-refractivity contribution in [2.75, 3.05) is 11.9 Å². The number of aromatic nitrogens is 2. The van der Waals surface area contributed by atoms with Crippen LogP contribution in [0.2, 0.25) is 5.02 Å². The molecule has 11 heteroatoms. The Morgan fingerprint density at radius 2 is 1.72 bits per heavy atom. The number of nitrogens with one attached hydrogen (secondary N) is 2. The number of aliphatic hydroxyl groups is 3. The van der Waals surface area contributed by atoms with Gasteiger partial charge in [-0.3, -0.25) is 4.79 Å². The summed E-state index contributed by atoms with van der Waals surface area (Å²) in [6.45, 7) is 0.753. The molecule has 5 atom stereocenters. The molecule has 10 nitrogen and oxygen atoms in total. The van der Waals surface area contributed by atoms with E-state index in [1.54, 1.807) is 36.4 Å². The number of carbonyl (C=O) groups excluding carboxylic acids is 1. The van der Waals surface area contributed by atoms with E-state index in [9.17, 15) is 20.1 Å². The van der Waals surface area contributed by atoms with Gasteiger partial charge < -0.3 is 35.4 Å². The molecule has 5 unspecified atom stereocenters. The second-order valence-corrected chi connectivity index (χ2v) is 9.56. The normalized spacial score (nSPS) is 22.8. The molecule has 5 rings (SSSR count). The molecule has 202 valence electrons. The zero-order chi connectivity index (χ0) is 27.5. The Bertz CT molecular complexity index is 1450. The molecule has 1 aliphatic rings. The predicted octanol–water partition coefficient (Wildman–Crippen LogP) is 3.02. The van der Waals surface area contributed by atoms with E-state index in [2.05, 4.69) is 10.6 Å². The van der Waals surface area contributed by atoms with Crippen LogP contribution in [0.25, 0.3) is 22.3 Å². The third-order valence-electron chi connectivity index (χ3n) is 6.33. The van der Waals surface area contributed by atoms with Gasteiger partial charge in [-0.05, 0) is 60.7 Å². The summed E-state index contributed by atoms with van der Waals surface area (Å²) in [6.07, 6.45) is -5.00. The summed E-state index contributed by atoms with van der Waals surface area (Å²) in [5.74, 6) is 1.12. The number of nitrogens with zero attached hydrogens (tertiary/aromatic N) is 2. The number of benzene rings is 3. The molecule has 1 amide bonds. The van der Waals surface area contributed by atoms with Crippen molar-refractivity contribution in [2.45, 2.75) is 37.6 Å². The van der Waals surface area contributed by atoms with Gasteiger partial charge in [-0.25, -0.2) is 9.97 Å². The fraction of sp³-hybridized carbons (Fsp3) is 0.250. The van der Waals surface area contributed by atoms with Crippen molar-refractivity contribution in [2.24, 2.45) is 0 Å². The summed E-state index contributed by atoms with van der Waals surface area (Å²) in [4.78, 5) is 21.1. The molecular weight excluding hydrogens is 524 g/mol. The number of fused-ring (bicyclic) bond motifs is 1. The molecule has 39 heavy (non-hydrogen) atoms. The van der Waals surface area contributed by atoms with Gasteiger partial charge in [0.05, 0.1) is 12.1 Å². The molecule has 1 aromatic heterocycles. The maximum atomic E-state index is 11.7. The first kappa shape index (κ1) is 26.8. The Kier molecular flexibility index (Phi) is 7.92. The van der Waals surface area contributed by atoms with Gasteiger partial charge in [0.2, 0.25) is 12.2 Å². The van der Waals surface area contributed by atoms with Crippen LogP contribution in [0.15, 0.2) is 72.8 Å². The van der Waals surface area contributed by atoms with E-state index in [0.717, 1.165) is 22.2 Å². The lowest BCUT2D eigenvalue weighted by Gasteiger charge is -2.42. The van der Waals surface area contributed by atoms with Crippen molar-refractivity contribution in [1.82, 2.24) is 15.3 Å². The third kappa shape index (κ3) is 5.95. The topological polar surface area (TPSA) is 146 Å². The highest BCUT2D eigenvalue weighted by molar-refractivity contribution is 6.30. The van der Waals surface area contributed by atoms with E-state index in [4.69, 9.17) is 31.0 Å². The molecule has 0 bridgehead atoms. The number of halogens is 1. The molecule has 5 N–H and O–H groups in total. The van der Waals surface area contributed by atoms with Crippen molar-refractivity contribution >= 4 is 39.9 Å². The van der Waals surface area contributed by atoms with Gasteiger partial charge in [-0.2, -0.15) is 0 Å². The smallest absolute Gasteiger partial charge is 0.223 e. The Morgan fingerprint density at radius 1 is 1.00 bits per heavy atom. The average Bonchev–Trinajstić information content (AvgIpc) is 2.94. The Labute approximate surface area is 229 Å². The number of anilines is 2. The zero-order valence-corrected chi connectivity index (χ0v) is 21.6. The second kappa shape index (κ2) is 11.5. The molecule has 0 radical (unpaired) electrons. The first-order valence-corrected chi connectivity index (χ1v) is 12.7. The molecule has 1 fully saturated rings. The summed E-state index contributed by atoms with van der Waals surface area (Å²) in [6, 6.07) is 20.9. The molecule has 2 heterocycles. The SMILES string of the molecule is CC(=O)NC1C(Oc2ccc(Nc3nc(-c4ccc(Cl)cc4)nc4ccccc34)cc2)OC(CO)C(O)C1O. The standard InChI is InChI=1S/C28H27ClN4O6/c1-15(35)30-23-25(37)24(36)22(14-34)39-28(23)38-19-12-10-18(11-13-19)31-27-20-4-2-3-5-21(20)32-26(33-27)16-6-8-17(29)9-7-16/h2-13,22-25,28,34,36-37H,14H2,1H3,(H,30,35)(H,31,32,33). The number of rotatable bonds is 7. The molecule has 0 spiro atoms. The number of para-hydroxylation sites is 1. The van der Waals surface area contributed by atoms with Gasteiger partial charge in [0.25, 0.3) is 0 Å². The van der Waals surface area contributed by atoms with Gasteiger partial charge in [0, 0.05) is 28.6 Å². The largest absolute Gasteiger partial charge is 0.463 e. The van der Waals surface area contributed by atoms with Crippen LogP contribution in [0.5, 0.6) is 5.75 Å². The zero-order valence-electron chi connectivity index (χ0n) is 20.9. The number of aliphatic hydroxyl groups excluding tert-OH is 3. The summed E-state index contributed by atoms with van der Waals surface area (Å²) < 4.78 is 11.5. The van der Waals surface area contributed by atoms with Crippen LogP contribution in [-0.4, -0.2) is 68.4 Å². The first-order chi connectivity index (χ1) is 18.8. The summed E-state index contributed by atoms with van der Waals surface area (Å²) in [7, 11) is 0. The van der Waals surface area contributed by atoms with E-state index in [0.29, 0.717) is 22.4 Å². The van der Waals surface area contributed by atoms with Crippen molar-refractivity contribution in [3.8, 4) is 17.1 Å². The van der Waals surface area contributed by atoms with Crippen LogP contribution in [0, 0.1) is 0 Å². The molecule has 0 saturated carbocycles. The van der Waals surface area contributed by atoms with Crippen molar-refractivity contribution in [1.29, 1.82) is 0 Å². The molecule has 4 aromatic rings. The van der Waals surface area contributed by atoms with Crippen molar-refractivity contribution < 1.29 is 29.6 Å². The number of hydrogen-bond acceptors (Lipinski definition) is 9. The van der Waals surface area contributed by atoms with Gasteiger partial charge in [-0.15, -0.1) is 0 Å². The lowest BCUT2D eigenvalue weighted by molar-refractivity contribution is -0.244. The van der Waals surface area contributed by atoms with Gasteiger partial charge in [0.15, 0.2) is 5.82 Å². The van der Waals surface area contributed by atoms with E-state index >= 15 is 0 Å². The van der Waals surface area contributed by atoms with Crippen LogP contribution in [0.4, 0.5) is 11.5 Å².